The van der Waals surface area contributed by atoms with Crippen LogP contribution in [-0.2, 0) is 4.74 Å². The summed E-state index contributed by atoms with van der Waals surface area (Å²) in [5.41, 5.74) is 1.18. The van der Waals surface area contributed by atoms with Gasteiger partial charge in [-0.1, -0.05) is 23.7 Å². The summed E-state index contributed by atoms with van der Waals surface area (Å²) < 4.78 is 5.03. The molecule has 1 rings (SSSR count). The molecule has 0 fully saturated rings. The molecule has 1 unspecified atom stereocenters. The summed E-state index contributed by atoms with van der Waals surface area (Å²) in [6, 6.07) is 7.83. The van der Waals surface area contributed by atoms with E-state index in [2.05, 4.69) is 6.07 Å². The molecule has 0 aliphatic heterocycles. The minimum Gasteiger partial charge on any atom is -0.385 e. The highest BCUT2D eigenvalue weighted by molar-refractivity contribution is 6.30. The van der Waals surface area contributed by atoms with E-state index < -0.39 is 0 Å². The second-order valence-corrected chi connectivity index (χ2v) is 3.93. The van der Waals surface area contributed by atoms with Crippen molar-refractivity contribution in [1.29, 1.82) is 0 Å². The molecular formula is C11H14Cl2O. The summed E-state index contributed by atoms with van der Waals surface area (Å²) in [5, 5.41) is 0.759. The van der Waals surface area contributed by atoms with Crippen LogP contribution in [0.2, 0.25) is 5.02 Å². The number of hydrogen-bond acceptors (Lipinski definition) is 1. The van der Waals surface area contributed by atoms with E-state index in [-0.39, 0.29) is 0 Å². The number of ether oxygens (including phenoxy) is 1. The Balaban J connectivity index is 2.68. The van der Waals surface area contributed by atoms with E-state index in [9.17, 15) is 0 Å². The van der Waals surface area contributed by atoms with Gasteiger partial charge in [-0.2, -0.15) is 0 Å². The third kappa shape index (κ3) is 3.49. The van der Waals surface area contributed by atoms with Crippen molar-refractivity contribution in [3.05, 3.63) is 34.9 Å². The molecule has 0 saturated carbocycles. The lowest BCUT2D eigenvalue weighted by molar-refractivity contribution is 0.189. The molecule has 0 aliphatic carbocycles. The van der Waals surface area contributed by atoms with Crippen LogP contribution in [0.15, 0.2) is 24.3 Å². The van der Waals surface area contributed by atoms with Crippen LogP contribution >= 0.6 is 23.2 Å². The third-order valence-corrected chi connectivity index (χ3v) is 2.78. The third-order valence-electron chi connectivity index (χ3n) is 2.18. The van der Waals surface area contributed by atoms with Gasteiger partial charge >= 0.3 is 0 Å². The van der Waals surface area contributed by atoms with Crippen LogP contribution in [0.4, 0.5) is 0 Å². The average Bonchev–Trinajstić information content (AvgIpc) is 2.19. The number of benzene rings is 1. The molecule has 1 aromatic rings. The molecule has 0 N–H and O–H groups in total. The van der Waals surface area contributed by atoms with Gasteiger partial charge in [-0.05, 0) is 30.0 Å². The first-order valence-corrected chi connectivity index (χ1v) is 5.49. The second-order valence-electron chi connectivity index (χ2n) is 3.19. The van der Waals surface area contributed by atoms with Gasteiger partial charge in [0.2, 0.25) is 0 Å². The zero-order valence-corrected chi connectivity index (χ0v) is 9.68. The highest BCUT2D eigenvalue weighted by Gasteiger charge is 2.09. The molecule has 1 atom stereocenters. The van der Waals surface area contributed by atoms with E-state index in [4.69, 9.17) is 27.9 Å². The van der Waals surface area contributed by atoms with E-state index >= 15 is 0 Å². The van der Waals surface area contributed by atoms with Crippen LogP contribution < -0.4 is 0 Å². The first-order valence-electron chi connectivity index (χ1n) is 4.58. The van der Waals surface area contributed by atoms with Gasteiger partial charge in [0, 0.05) is 24.6 Å². The van der Waals surface area contributed by atoms with Crippen LogP contribution in [0.3, 0.4) is 0 Å². The summed E-state index contributed by atoms with van der Waals surface area (Å²) in [4.78, 5) is 0. The van der Waals surface area contributed by atoms with Crippen molar-refractivity contribution in [1.82, 2.24) is 0 Å². The van der Waals surface area contributed by atoms with Crippen LogP contribution in [0.5, 0.6) is 0 Å². The van der Waals surface area contributed by atoms with Gasteiger partial charge in [0.05, 0.1) is 0 Å². The van der Waals surface area contributed by atoms with E-state index in [0.717, 1.165) is 18.1 Å². The highest BCUT2D eigenvalue weighted by atomic mass is 35.5. The molecule has 0 saturated heterocycles. The summed E-state index contributed by atoms with van der Waals surface area (Å²) in [6.07, 6.45) is 0.931. The highest BCUT2D eigenvalue weighted by Crippen LogP contribution is 2.23. The molecular weight excluding hydrogens is 219 g/mol. The van der Waals surface area contributed by atoms with E-state index in [1.165, 1.54) is 5.56 Å². The largest absolute Gasteiger partial charge is 0.385 e. The SMILES string of the molecule is COCCC(CCl)c1cccc(Cl)c1. The molecule has 78 valence electrons. The Kier molecular flexibility index (Phi) is 5.31. The Morgan fingerprint density at radius 2 is 2.21 bits per heavy atom. The topological polar surface area (TPSA) is 9.23 Å². The Morgan fingerprint density at radius 3 is 2.79 bits per heavy atom. The van der Waals surface area contributed by atoms with Crippen LogP contribution in [0.25, 0.3) is 0 Å². The van der Waals surface area contributed by atoms with Crippen LogP contribution in [-0.4, -0.2) is 19.6 Å². The maximum Gasteiger partial charge on any atom is 0.0468 e. The first-order chi connectivity index (χ1) is 6.77. The second kappa shape index (κ2) is 6.28. The van der Waals surface area contributed by atoms with Crippen molar-refractivity contribution in [3.8, 4) is 0 Å². The Morgan fingerprint density at radius 1 is 1.43 bits per heavy atom. The monoisotopic (exact) mass is 232 g/mol. The lowest BCUT2D eigenvalue weighted by Crippen LogP contribution is -2.04. The van der Waals surface area contributed by atoms with E-state index in [1.807, 2.05) is 18.2 Å². The number of alkyl halides is 1. The quantitative estimate of drug-likeness (QED) is 0.704. The molecule has 0 bridgehead atoms. The zero-order valence-electron chi connectivity index (χ0n) is 8.17. The molecule has 0 spiro atoms. The van der Waals surface area contributed by atoms with Crippen LogP contribution in [0, 0.1) is 0 Å². The minimum absolute atomic E-state index is 0.329. The maximum absolute atomic E-state index is 5.91. The Labute approximate surface area is 95.0 Å². The Hall–Kier alpha value is -0.240. The standard InChI is InChI=1S/C11H14Cl2O/c1-14-6-5-10(8-12)9-3-2-4-11(13)7-9/h2-4,7,10H,5-6,8H2,1H3. The van der Waals surface area contributed by atoms with Gasteiger partial charge in [0.15, 0.2) is 0 Å². The molecule has 1 aromatic carbocycles. The van der Waals surface area contributed by atoms with Gasteiger partial charge in [0.25, 0.3) is 0 Å². The first kappa shape index (κ1) is 11.8. The molecule has 0 heterocycles. The predicted molar refractivity (Wildman–Crippen MR) is 61.4 cm³/mol. The minimum atomic E-state index is 0.329. The molecule has 14 heavy (non-hydrogen) atoms. The van der Waals surface area contributed by atoms with Crippen molar-refractivity contribution >= 4 is 23.2 Å². The molecule has 1 nitrogen and oxygen atoms in total. The average molecular weight is 233 g/mol. The number of rotatable bonds is 5. The lowest BCUT2D eigenvalue weighted by atomic mass is 9.98. The van der Waals surface area contributed by atoms with E-state index in [1.54, 1.807) is 7.11 Å². The van der Waals surface area contributed by atoms with Crippen molar-refractivity contribution in [2.24, 2.45) is 0 Å². The predicted octanol–water partition coefficient (Wildman–Crippen LogP) is 3.70. The lowest BCUT2D eigenvalue weighted by Gasteiger charge is -2.13. The van der Waals surface area contributed by atoms with Crippen molar-refractivity contribution in [2.45, 2.75) is 12.3 Å². The molecule has 0 aromatic heterocycles. The summed E-state index contributed by atoms with van der Waals surface area (Å²) in [5.74, 6) is 0.930. The normalized spacial score (nSPS) is 12.8. The number of hydrogen-bond donors (Lipinski definition) is 0. The summed E-state index contributed by atoms with van der Waals surface area (Å²) >= 11 is 11.8. The van der Waals surface area contributed by atoms with E-state index in [0.29, 0.717) is 11.8 Å². The molecule has 3 heteroatoms. The van der Waals surface area contributed by atoms with Gasteiger partial charge in [0.1, 0.15) is 0 Å². The Bertz CT molecular complexity index is 276. The van der Waals surface area contributed by atoms with Crippen molar-refractivity contribution in [2.75, 3.05) is 19.6 Å². The van der Waals surface area contributed by atoms with Gasteiger partial charge in [-0.15, -0.1) is 11.6 Å². The van der Waals surface area contributed by atoms with Crippen LogP contribution in [0.1, 0.15) is 17.9 Å². The van der Waals surface area contributed by atoms with Gasteiger partial charge < -0.3 is 4.74 Å². The molecule has 0 amide bonds. The fraction of sp³-hybridized carbons (Fsp3) is 0.455. The van der Waals surface area contributed by atoms with Crippen molar-refractivity contribution < 1.29 is 4.74 Å². The fourth-order valence-electron chi connectivity index (χ4n) is 1.35. The summed E-state index contributed by atoms with van der Waals surface area (Å²) in [6.45, 7) is 0.726. The maximum atomic E-state index is 5.91. The summed E-state index contributed by atoms with van der Waals surface area (Å²) in [7, 11) is 1.70. The van der Waals surface area contributed by atoms with Gasteiger partial charge in [-0.25, -0.2) is 0 Å². The fourth-order valence-corrected chi connectivity index (χ4v) is 1.88. The van der Waals surface area contributed by atoms with Gasteiger partial charge in [-0.3, -0.25) is 0 Å². The number of methoxy groups -OCH3 is 1. The smallest absolute Gasteiger partial charge is 0.0468 e. The molecule has 0 aliphatic rings. The molecule has 0 radical (unpaired) electrons. The van der Waals surface area contributed by atoms with Crippen molar-refractivity contribution in [3.63, 3.8) is 0 Å². The zero-order chi connectivity index (χ0) is 10.4. The number of halogens is 2.